The molecule has 0 radical (unpaired) electrons. The number of carbonyl (C=O) groups excluding carboxylic acids is 1. The Morgan fingerprint density at radius 3 is 2.44 bits per heavy atom. The van der Waals surface area contributed by atoms with Gasteiger partial charge in [-0.2, -0.15) is 0 Å². The number of amides is 1. The van der Waals surface area contributed by atoms with Gasteiger partial charge in [-0.3, -0.25) is 10.0 Å². The van der Waals surface area contributed by atoms with E-state index in [9.17, 15) is 10.0 Å². The summed E-state index contributed by atoms with van der Waals surface area (Å²) in [6, 6.07) is 0. The van der Waals surface area contributed by atoms with Gasteiger partial charge in [0.25, 0.3) is 5.91 Å². The average molecular weight is 243 g/mol. The summed E-state index contributed by atoms with van der Waals surface area (Å²) in [6.07, 6.45) is 5.38. The van der Waals surface area contributed by atoms with Gasteiger partial charge in [0.2, 0.25) is 0 Å². The molecule has 0 aliphatic carbocycles. The van der Waals surface area contributed by atoms with Crippen LogP contribution in [0.2, 0.25) is 0 Å². The molecule has 1 amide bonds. The van der Waals surface area contributed by atoms with E-state index in [1.165, 1.54) is 24.3 Å². The predicted octanol–water partition coefficient (Wildman–Crippen LogP) is 1.31. The SMILES string of the molecule is C=C/C=C(\C=C)C(=O)N(O)C/C=C/P(O)O. The lowest BCUT2D eigenvalue weighted by Gasteiger charge is -2.12. The second-order valence-corrected chi connectivity index (χ2v) is 3.59. The molecule has 16 heavy (non-hydrogen) atoms. The summed E-state index contributed by atoms with van der Waals surface area (Å²) >= 11 is 0. The fourth-order valence-electron chi connectivity index (χ4n) is 0.827. The van der Waals surface area contributed by atoms with Crippen LogP contribution in [0.25, 0.3) is 0 Å². The van der Waals surface area contributed by atoms with E-state index in [0.29, 0.717) is 5.06 Å². The van der Waals surface area contributed by atoms with E-state index in [-0.39, 0.29) is 12.1 Å². The largest absolute Gasteiger partial charge is 0.347 e. The highest BCUT2D eigenvalue weighted by molar-refractivity contribution is 7.48. The lowest BCUT2D eigenvalue weighted by Crippen LogP contribution is -2.28. The fraction of sp³-hybridized carbons (Fsp3) is 0.100. The lowest BCUT2D eigenvalue weighted by atomic mass is 10.2. The molecule has 0 aromatic rings. The minimum Gasteiger partial charge on any atom is -0.347 e. The first-order valence-corrected chi connectivity index (χ1v) is 5.64. The van der Waals surface area contributed by atoms with Crippen molar-refractivity contribution in [1.82, 2.24) is 5.06 Å². The molecule has 3 N–H and O–H groups in total. The van der Waals surface area contributed by atoms with Gasteiger partial charge in [-0.05, 0) is 11.9 Å². The molecular formula is C10H14NO4P. The van der Waals surface area contributed by atoms with Crippen molar-refractivity contribution in [3.63, 3.8) is 0 Å². The lowest BCUT2D eigenvalue weighted by molar-refractivity contribution is -0.157. The van der Waals surface area contributed by atoms with E-state index in [1.807, 2.05) is 0 Å². The number of carbonyl (C=O) groups is 1. The Balaban J connectivity index is 4.43. The summed E-state index contributed by atoms with van der Waals surface area (Å²) in [5.74, 6) is 0.455. The zero-order valence-corrected chi connectivity index (χ0v) is 9.55. The summed E-state index contributed by atoms with van der Waals surface area (Å²) in [5, 5.41) is 9.75. The van der Waals surface area contributed by atoms with Gasteiger partial charge in [0.15, 0.2) is 8.38 Å². The van der Waals surface area contributed by atoms with Gasteiger partial charge < -0.3 is 9.79 Å². The molecule has 0 aliphatic rings. The molecule has 0 spiro atoms. The van der Waals surface area contributed by atoms with E-state index in [1.54, 1.807) is 0 Å². The van der Waals surface area contributed by atoms with Crippen molar-refractivity contribution >= 4 is 14.3 Å². The Kier molecular flexibility index (Phi) is 7.33. The van der Waals surface area contributed by atoms with Crippen LogP contribution < -0.4 is 0 Å². The topological polar surface area (TPSA) is 81.0 Å². The van der Waals surface area contributed by atoms with Crippen LogP contribution in [0.3, 0.4) is 0 Å². The molecule has 0 aromatic heterocycles. The maximum atomic E-state index is 11.5. The number of nitrogens with zero attached hydrogens (tertiary/aromatic N) is 1. The van der Waals surface area contributed by atoms with Gasteiger partial charge in [0, 0.05) is 5.57 Å². The van der Waals surface area contributed by atoms with Crippen molar-refractivity contribution in [2.75, 3.05) is 6.54 Å². The van der Waals surface area contributed by atoms with Crippen molar-refractivity contribution in [3.05, 3.63) is 48.9 Å². The monoisotopic (exact) mass is 243 g/mol. The molecule has 0 atom stereocenters. The molecule has 0 rings (SSSR count). The van der Waals surface area contributed by atoms with Crippen molar-refractivity contribution in [2.45, 2.75) is 0 Å². The molecule has 0 heterocycles. The van der Waals surface area contributed by atoms with Gasteiger partial charge in [-0.15, -0.1) is 0 Å². The molecule has 0 fully saturated rings. The fourth-order valence-corrected chi connectivity index (χ4v) is 1.11. The third kappa shape index (κ3) is 5.58. The third-order valence-electron chi connectivity index (χ3n) is 1.52. The third-order valence-corrected chi connectivity index (χ3v) is 1.99. The molecule has 0 unspecified atom stereocenters. The van der Waals surface area contributed by atoms with Crippen molar-refractivity contribution in [2.24, 2.45) is 0 Å². The van der Waals surface area contributed by atoms with Crippen LogP contribution in [0, 0.1) is 0 Å². The highest BCUT2D eigenvalue weighted by atomic mass is 31.2. The molecule has 88 valence electrons. The van der Waals surface area contributed by atoms with E-state index in [4.69, 9.17) is 9.79 Å². The summed E-state index contributed by atoms with van der Waals surface area (Å²) in [4.78, 5) is 28.6. The summed E-state index contributed by atoms with van der Waals surface area (Å²) < 4.78 is 0. The second kappa shape index (κ2) is 7.96. The number of hydrogen-bond donors (Lipinski definition) is 3. The molecule has 5 nitrogen and oxygen atoms in total. The van der Waals surface area contributed by atoms with E-state index in [2.05, 4.69) is 13.2 Å². The minimum atomic E-state index is -2.16. The molecule has 0 aliphatic heterocycles. The van der Waals surface area contributed by atoms with Crippen molar-refractivity contribution < 1.29 is 19.8 Å². The van der Waals surface area contributed by atoms with Crippen LogP contribution in [0.5, 0.6) is 0 Å². The van der Waals surface area contributed by atoms with Crippen LogP contribution in [0.4, 0.5) is 0 Å². The van der Waals surface area contributed by atoms with E-state index < -0.39 is 14.3 Å². The van der Waals surface area contributed by atoms with Crippen LogP contribution in [-0.4, -0.2) is 32.5 Å². The van der Waals surface area contributed by atoms with Gasteiger partial charge >= 0.3 is 0 Å². The van der Waals surface area contributed by atoms with E-state index in [0.717, 1.165) is 5.82 Å². The normalized spacial score (nSPS) is 11.9. The van der Waals surface area contributed by atoms with Crippen LogP contribution in [0.1, 0.15) is 0 Å². The molecular weight excluding hydrogens is 229 g/mol. The molecule has 0 bridgehead atoms. The molecule has 0 aromatic carbocycles. The van der Waals surface area contributed by atoms with Crippen LogP contribution in [0.15, 0.2) is 48.9 Å². The smallest absolute Gasteiger partial charge is 0.277 e. The standard InChI is InChI=1S/C10H14NO4P/c1-3-6-9(4-2)10(12)11(13)7-5-8-16(14)15/h3-6,8,13-15H,1-2,7H2/b8-5+,9-6+. The Morgan fingerprint density at radius 2 is 2.00 bits per heavy atom. The van der Waals surface area contributed by atoms with Crippen molar-refractivity contribution in [3.8, 4) is 0 Å². The predicted molar refractivity (Wildman–Crippen MR) is 62.5 cm³/mol. The molecule has 0 saturated heterocycles. The Labute approximate surface area is 95.2 Å². The number of hydroxylamine groups is 2. The number of rotatable bonds is 6. The van der Waals surface area contributed by atoms with Gasteiger partial charge in [-0.25, -0.2) is 5.06 Å². The number of hydrogen-bond acceptors (Lipinski definition) is 4. The second-order valence-electron chi connectivity index (χ2n) is 2.65. The Morgan fingerprint density at radius 1 is 1.38 bits per heavy atom. The van der Waals surface area contributed by atoms with E-state index >= 15 is 0 Å². The minimum absolute atomic E-state index is 0.138. The molecule has 0 saturated carbocycles. The summed E-state index contributed by atoms with van der Waals surface area (Å²) in [6.45, 7) is 6.71. The summed E-state index contributed by atoms with van der Waals surface area (Å²) in [7, 11) is -2.16. The van der Waals surface area contributed by atoms with Gasteiger partial charge in [0.1, 0.15) is 0 Å². The van der Waals surface area contributed by atoms with Crippen molar-refractivity contribution in [1.29, 1.82) is 0 Å². The van der Waals surface area contributed by atoms with Gasteiger partial charge in [0.05, 0.1) is 6.54 Å². The Hall–Kier alpha value is -1.26. The quantitative estimate of drug-likeness (QED) is 0.216. The Bertz CT molecular complexity index is 323. The maximum absolute atomic E-state index is 11.5. The average Bonchev–Trinajstić information content (AvgIpc) is 2.24. The number of allylic oxidation sites excluding steroid dienone is 2. The zero-order chi connectivity index (χ0) is 12.6. The first kappa shape index (κ1) is 14.7. The van der Waals surface area contributed by atoms with Crippen LogP contribution in [-0.2, 0) is 4.79 Å². The maximum Gasteiger partial charge on any atom is 0.277 e. The molecule has 6 heteroatoms. The zero-order valence-electron chi connectivity index (χ0n) is 8.65. The summed E-state index contributed by atoms with van der Waals surface area (Å²) in [5.41, 5.74) is 0.196. The highest BCUT2D eigenvalue weighted by Gasteiger charge is 2.11. The first-order chi connectivity index (χ1) is 7.52. The van der Waals surface area contributed by atoms with Crippen LogP contribution >= 0.6 is 8.38 Å². The van der Waals surface area contributed by atoms with Gasteiger partial charge in [-0.1, -0.05) is 31.4 Å². The highest BCUT2D eigenvalue weighted by Crippen LogP contribution is 2.23. The first-order valence-electron chi connectivity index (χ1n) is 4.32.